The zero-order valence-corrected chi connectivity index (χ0v) is 8.64. The molecule has 2 nitrogen and oxygen atoms in total. The van der Waals surface area contributed by atoms with E-state index in [1.54, 1.807) is 0 Å². The van der Waals surface area contributed by atoms with Gasteiger partial charge >= 0.3 is 0 Å². The lowest BCUT2D eigenvalue weighted by Gasteiger charge is -2.27. The van der Waals surface area contributed by atoms with Crippen molar-refractivity contribution in [3.05, 3.63) is 0 Å². The molecule has 0 aromatic carbocycles. The molecule has 0 amide bonds. The number of hydrogen-bond acceptors (Lipinski definition) is 2. The maximum Gasteiger partial charge on any atom is 0.0774 e. The number of nitrogens with zero attached hydrogens (tertiary/aromatic N) is 1. The second kappa shape index (κ2) is 4.64. The minimum atomic E-state index is -0.426. The molecule has 0 saturated heterocycles. The molecule has 13 heavy (non-hydrogen) atoms. The van der Waals surface area contributed by atoms with Crippen LogP contribution in [0.2, 0.25) is 0 Å². The van der Waals surface area contributed by atoms with Crippen LogP contribution in [-0.2, 0) is 0 Å². The smallest absolute Gasteiger partial charge is 0.0774 e. The minimum Gasteiger partial charge on any atom is -0.389 e. The van der Waals surface area contributed by atoms with E-state index in [4.69, 9.17) is 0 Å². The van der Waals surface area contributed by atoms with Gasteiger partial charge < -0.3 is 5.11 Å². The van der Waals surface area contributed by atoms with Gasteiger partial charge in [-0.2, -0.15) is 0 Å². The molecule has 1 aliphatic rings. The Morgan fingerprint density at radius 2 is 2.00 bits per heavy atom. The van der Waals surface area contributed by atoms with E-state index >= 15 is 0 Å². The predicted octanol–water partition coefficient (Wildman–Crippen LogP) is 1.25. The lowest BCUT2D eigenvalue weighted by molar-refractivity contribution is 0.0196. The van der Waals surface area contributed by atoms with Crippen molar-refractivity contribution in [2.75, 3.05) is 20.1 Å². The molecule has 0 aliphatic heterocycles. The van der Waals surface area contributed by atoms with E-state index < -0.39 is 5.60 Å². The monoisotopic (exact) mass is 181 g/mol. The zero-order valence-electron chi connectivity index (χ0n) is 8.64. The van der Waals surface area contributed by atoms with Crippen molar-refractivity contribution >= 4 is 0 Å². The first-order valence-corrected chi connectivity index (χ1v) is 4.97. The van der Waals surface area contributed by atoms with E-state index in [9.17, 15) is 5.11 Å². The van der Waals surface area contributed by atoms with E-state index in [0.29, 0.717) is 0 Å². The summed E-state index contributed by atoms with van der Waals surface area (Å²) < 4.78 is 0. The Bertz CT molecular complexity index is 208. The van der Waals surface area contributed by atoms with Crippen LogP contribution in [-0.4, -0.2) is 35.7 Å². The van der Waals surface area contributed by atoms with Crippen LogP contribution in [0.5, 0.6) is 0 Å². The van der Waals surface area contributed by atoms with Crippen LogP contribution in [0.3, 0.4) is 0 Å². The molecule has 2 heteroatoms. The van der Waals surface area contributed by atoms with Gasteiger partial charge in [0.1, 0.15) is 0 Å². The molecule has 0 aromatic rings. The molecule has 0 bridgehead atoms. The highest BCUT2D eigenvalue weighted by molar-refractivity contribution is 4.98. The highest BCUT2D eigenvalue weighted by atomic mass is 16.3. The molecule has 1 aliphatic carbocycles. The SMILES string of the molecule is CC#CCN(C)CC1(O)CCCC1. The summed E-state index contributed by atoms with van der Waals surface area (Å²) in [4.78, 5) is 2.10. The highest BCUT2D eigenvalue weighted by Gasteiger charge is 2.31. The first kappa shape index (κ1) is 10.6. The van der Waals surface area contributed by atoms with E-state index in [0.717, 1.165) is 25.9 Å². The van der Waals surface area contributed by atoms with Crippen molar-refractivity contribution in [1.29, 1.82) is 0 Å². The van der Waals surface area contributed by atoms with Crippen LogP contribution in [0.15, 0.2) is 0 Å². The Hall–Kier alpha value is -0.520. The van der Waals surface area contributed by atoms with E-state index in [-0.39, 0.29) is 0 Å². The Labute approximate surface area is 80.9 Å². The quantitative estimate of drug-likeness (QED) is 0.662. The largest absolute Gasteiger partial charge is 0.389 e. The van der Waals surface area contributed by atoms with Crippen molar-refractivity contribution in [3.8, 4) is 11.8 Å². The second-order valence-electron chi connectivity index (χ2n) is 4.03. The minimum absolute atomic E-state index is 0.426. The predicted molar refractivity (Wildman–Crippen MR) is 54.4 cm³/mol. The van der Waals surface area contributed by atoms with E-state index in [2.05, 4.69) is 16.7 Å². The first-order valence-electron chi connectivity index (χ1n) is 4.97. The molecule has 0 heterocycles. The van der Waals surface area contributed by atoms with Gasteiger partial charge in [0.05, 0.1) is 12.1 Å². The summed E-state index contributed by atoms with van der Waals surface area (Å²) in [5, 5.41) is 10.1. The van der Waals surface area contributed by atoms with Crippen molar-refractivity contribution in [3.63, 3.8) is 0 Å². The van der Waals surface area contributed by atoms with Crippen LogP contribution in [0.1, 0.15) is 32.6 Å². The summed E-state index contributed by atoms with van der Waals surface area (Å²) in [6.45, 7) is 3.37. The van der Waals surface area contributed by atoms with Crippen LogP contribution >= 0.6 is 0 Å². The van der Waals surface area contributed by atoms with E-state index in [1.165, 1.54) is 12.8 Å². The lowest BCUT2D eigenvalue weighted by atomic mass is 10.0. The summed E-state index contributed by atoms with van der Waals surface area (Å²) >= 11 is 0. The Morgan fingerprint density at radius 3 is 2.54 bits per heavy atom. The lowest BCUT2D eigenvalue weighted by Crippen LogP contribution is -2.39. The average molecular weight is 181 g/mol. The van der Waals surface area contributed by atoms with Gasteiger partial charge in [-0.25, -0.2) is 0 Å². The second-order valence-corrected chi connectivity index (χ2v) is 4.03. The molecule has 0 unspecified atom stereocenters. The van der Waals surface area contributed by atoms with Gasteiger partial charge in [-0.15, -0.1) is 5.92 Å². The summed E-state index contributed by atoms with van der Waals surface area (Å²) in [7, 11) is 2.01. The third-order valence-corrected chi connectivity index (χ3v) is 2.62. The average Bonchev–Trinajstić information content (AvgIpc) is 2.48. The molecule has 0 aromatic heterocycles. The van der Waals surface area contributed by atoms with E-state index in [1.807, 2.05) is 14.0 Å². The summed E-state index contributed by atoms with van der Waals surface area (Å²) in [5.74, 6) is 5.87. The highest BCUT2D eigenvalue weighted by Crippen LogP contribution is 2.29. The van der Waals surface area contributed by atoms with Crippen LogP contribution in [0, 0.1) is 11.8 Å². The zero-order chi connectivity index (χ0) is 9.73. The van der Waals surface area contributed by atoms with Crippen molar-refractivity contribution in [2.24, 2.45) is 0 Å². The number of hydrogen-bond donors (Lipinski definition) is 1. The van der Waals surface area contributed by atoms with Gasteiger partial charge in [0.25, 0.3) is 0 Å². The van der Waals surface area contributed by atoms with Crippen LogP contribution in [0.4, 0.5) is 0 Å². The molecular formula is C11H19NO. The third kappa shape index (κ3) is 3.38. The summed E-state index contributed by atoms with van der Waals surface area (Å²) in [6.07, 6.45) is 4.25. The number of likely N-dealkylation sites (N-methyl/N-ethyl adjacent to an activating group) is 1. The van der Waals surface area contributed by atoms with Crippen molar-refractivity contribution in [1.82, 2.24) is 4.90 Å². The Kier molecular flexibility index (Phi) is 3.77. The Morgan fingerprint density at radius 1 is 1.38 bits per heavy atom. The van der Waals surface area contributed by atoms with Gasteiger partial charge in [0.2, 0.25) is 0 Å². The van der Waals surface area contributed by atoms with Crippen molar-refractivity contribution in [2.45, 2.75) is 38.2 Å². The molecule has 0 radical (unpaired) electrons. The molecule has 1 saturated carbocycles. The standard InChI is InChI=1S/C11H19NO/c1-3-4-9-12(2)10-11(13)7-5-6-8-11/h13H,5-10H2,1-2H3. The maximum atomic E-state index is 10.1. The molecule has 1 N–H and O–H groups in total. The fourth-order valence-corrected chi connectivity index (χ4v) is 1.96. The first-order chi connectivity index (χ1) is 6.16. The molecular weight excluding hydrogens is 162 g/mol. The van der Waals surface area contributed by atoms with Gasteiger partial charge in [0, 0.05) is 6.54 Å². The summed E-state index contributed by atoms with van der Waals surface area (Å²) in [6, 6.07) is 0. The molecule has 74 valence electrons. The van der Waals surface area contributed by atoms with Gasteiger partial charge in [0.15, 0.2) is 0 Å². The fraction of sp³-hybridized carbons (Fsp3) is 0.818. The molecule has 1 fully saturated rings. The normalized spacial score (nSPS) is 20.0. The molecule has 0 atom stereocenters. The maximum absolute atomic E-state index is 10.1. The van der Waals surface area contributed by atoms with Crippen LogP contribution < -0.4 is 0 Å². The summed E-state index contributed by atoms with van der Waals surface area (Å²) in [5.41, 5.74) is -0.426. The van der Waals surface area contributed by atoms with Crippen LogP contribution in [0.25, 0.3) is 0 Å². The number of rotatable bonds is 3. The van der Waals surface area contributed by atoms with Gasteiger partial charge in [-0.3, -0.25) is 4.90 Å². The molecule has 0 spiro atoms. The van der Waals surface area contributed by atoms with Gasteiger partial charge in [-0.05, 0) is 26.8 Å². The third-order valence-electron chi connectivity index (χ3n) is 2.62. The topological polar surface area (TPSA) is 23.5 Å². The van der Waals surface area contributed by atoms with Crippen molar-refractivity contribution < 1.29 is 5.11 Å². The number of aliphatic hydroxyl groups is 1. The van der Waals surface area contributed by atoms with Gasteiger partial charge in [-0.1, -0.05) is 18.8 Å². The Balaban J connectivity index is 2.32. The fourth-order valence-electron chi connectivity index (χ4n) is 1.96. The molecule has 1 rings (SSSR count).